The number of pyridine rings is 1. The first-order valence-corrected chi connectivity index (χ1v) is 11.4. The molecule has 1 aromatic rings. The van der Waals surface area contributed by atoms with Crippen LogP contribution in [-0.2, 0) is 20.9 Å². The minimum absolute atomic E-state index is 0.0394. The minimum atomic E-state index is -0.316. The second-order valence-corrected chi connectivity index (χ2v) is 9.59. The van der Waals surface area contributed by atoms with Gasteiger partial charge in [0, 0.05) is 76.2 Å². The molecule has 0 bridgehead atoms. The molecule has 5 heterocycles. The summed E-state index contributed by atoms with van der Waals surface area (Å²) in [5.74, 6) is 0.630. The molecule has 1 aromatic heterocycles. The van der Waals surface area contributed by atoms with Gasteiger partial charge in [0.2, 0.25) is 11.8 Å². The van der Waals surface area contributed by atoms with Crippen molar-refractivity contribution in [1.29, 1.82) is 0 Å². The van der Waals surface area contributed by atoms with Gasteiger partial charge in [0.1, 0.15) is 0 Å². The Morgan fingerprint density at radius 1 is 1.20 bits per heavy atom. The topological polar surface area (TPSA) is 74.8 Å². The zero-order valence-corrected chi connectivity index (χ0v) is 17.6. The maximum atomic E-state index is 13.1. The SMILES string of the molecule is O=C(C1CCOCC1)N1CCC2(CC1)CN(Cc1cccnc1)CC21CCNC1=O. The highest BCUT2D eigenvalue weighted by Crippen LogP contribution is 2.56. The van der Waals surface area contributed by atoms with Crippen molar-refractivity contribution < 1.29 is 14.3 Å². The zero-order valence-electron chi connectivity index (χ0n) is 17.6. The van der Waals surface area contributed by atoms with Crippen LogP contribution in [0.4, 0.5) is 0 Å². The van der Waals surface area contributed by atoms with Crippen LogP contribution in [0.25, 0.3) is 0 Å². The number of piperidine rings is 1. The summed E-state index contributed by atoms with van der Waals surface area (Å²) >= 11 is 0. The molecule has 162 valence electrons. The second kappa shape index (κ2) is 7.93. The van der Waals surface area contributed by atoms with E-state index < -0.39 is 0 Å². The molecule has 7 nitrogen and oxygen atoms in total. The zero-order chi connectivity index (χ0) is 20.6. The van der Waals surface area contributed by atoms with Crippen molar-refractivity contribution in [1.82, 2.24) is 20.1 Å². The second-order valence-electron chi connectivity index (χ2n) is 9.59. The van der Waals surface area contributed by atoms with Crippen LogP contribution in [0, 0.1) is 16.7 Å². The van der Waals surface area contributed by atoms with Gasteiger partial charge in [-0.15, -0.1) is 0 Å². The molecule has 4 aliphatic heterocycles. The van der Waals surface area contributed by atoms with E-state index >= 15 is 0 Å². The number of likely N-dealkylation sites (tertiary alicyclic amines) is 2. The molecule has 0 aliphatic carbocycles. The molecule has 5 rings (SSSR count). The molecule has 1 N–H and O–H groups in total. The van der Waals surface area contributed by atoms with Crippen LogP contribution in [-0.4, -0.2) is 72.5 Å². The molecule has 4 fully saturated rings. The van der Waals surface area contributed by atoms with Gasteiger partial charge in [-0.05, 0) is 43.7 Å². The maximum Gasteiger partial charge on any atom is 0.228 e. The van der Waals surface area contributed by atoms with Crippen molar-refractivity contribution in [2.45, 2.75) is 38.6 Å². The fraction of sp³-hybridized carbons (Fsp3) is 0.696. The minimum Gasteiger partial charge on any atom is -0.381 e. The number of hydrogen-bond donors (Lipinski definition) is 1. The van der Waals surface area contributed by atoms with Gasteiger partial charge in [0.15, 0.2) is 0 Å². The normalized spacial score (nSPS) is 29.6. The first-order chi connectivity index (χ1) is 14.6. The number of nitrogens with zero attached hydrogens (tertiary/aromatic N) is 3. The van der Waals surface area contributed by atoms with Gasteiger partial charge >= 0.3 is 0 Å². The predicted octanol–water partition coefficient (Wildman–Crippen LogP) is 1.44. The maximum absolute atomic E-state index is 13.1. The number of nitrogens with one attached hydrogen (secondary N) is 1. The fourth-order valence-electron chi connectivity index (χ4n) is 6.37. The van der Waals surface area contributed by atoms with Crippen molar-refractivity contribution in [2.75, 3.05) is 45.9 Å². The highest BCUT2D eigenvalue weighted by atomic mass is 16.5. The number of ether oxygens (including phenoxy) is 1. The predicted molar refractivity (Wildman–Crippen MR) is 111 cm³/mol. The smallest absolute Gasteiger partial charge is 0.228 e. The average Bonchev–Trinajstić information content (AvgIpc) is 3.30. The summed E-state index contributed by atoms with van der Waals surface area (Å²) in [7, 11) is 0. The van der Waals surface area contributed by atoms with Crippen molar-refractivity contribution in [2.24, 2.45) is 16.7 Å². The molecule has 4 saturated heterocycles. The Morgan fingerprint density at radius 2 is 2.00 bits per heavy atom. The Hall–Kier alpha value is -1.99. The Balaban J connectivity index is 1.31. The van der Waals surface area contributed by atoms with Gasteiger partial charge in [0.05, 0.1) is 5.41 Å². The van der Waals surface area contributed by atoms with Gasteiger partial charge < -0.3 is 15.0 Å². The lowest BCUT2D eigenvalue weighted by molar-refractivity contribution is -0.143. The highest BCUT2D eigenvalue weighted by Gasteiger charge is 2.63. The third kappa shape index (κ3) is 3.32. The molecule has 0 saturated carbocycles. The molecule has 2 amide bonds. The van der Waals surface area contributed by atoms with Gasteiger partial charge in [-0.2, -0.15) is 0 Å². The summed E-state index contributed by atoms with van der Waals surface area (Å²) in [6.45, 7) is 6.26. The Morgan fingerprint density at radius 3 is 2.67 bits per heavy atom. The number of carbonyl (C=O) groups excluding carboxylic acids is 2. The standard InChI is InChI=1S/C23H32N4O3/c28-20(19-3-12-30-13-4-19)27-10-6-22(7-11-27)16-26(15-18-2-1-8-24-14-18)17-23(22)5-9-25-21(23)29/h1-2,8,14,19H,3-7,9-13,15-17H2,(H,25,29). The van der Waals surface area contributed by atoms with E-state index in [0.29, 0.717) is 19.1 Å². The van der Waals surface area contributed by atoms with Crippen LogP contribution in [0.5, 0.6) is 0 Å². The van der Waals surface area contributed by atoms with Crippen molar-refractivity contribution in [3.05, 3.63) is 30.1 Å². The van der Waals surface area contributed by atoms with Gasteiger partial charge in [0.25, 0.3) is 0 Å². The van der Waals surface area contributed by atoms with Gasteiger partial charge in [-0.3, -0.25) is 19.5 Å². The van der Waals surface area contributed by atoms with Crippen LogP contribution in [0.2, 0.25) is 0 Å². The van der Waals surface area contributed by atoms with Crippen molar-refractivity contribution >= 4 is 11.8 Å². The van der Waals surface area contributed by atoms with E-state index in [9.17, 15) is 9.59 Å². The van der Waals surface area contributed by atoms with E-state index in [0.717, 1.165) is 71.4 Å². The van der Waals surface area contributed by atoms with Crippen LogP contribution in [0.1, 0.15) is 37.7 Å². The van der Waals surface area contributed by atoms with E-state index in [1.807, 2.05) is 12.3 Å². The first kappa shape index (κ1) is 19.9. The van der Waals surface area contributed by atoms with Gasteiger partial charge in [-0.25, -0.2) is 0 Å². The average molecular weight is 413 g/mol. The summed E-state index contributed by atoms with van der Waals surface area (Å²) in [6.07, 6.45) is 8.13. The summed E-state index contributed by atoms with van der Waals surface area (Å²) in [5, 5.41) is 3.12. The number of rotatable bonds is 3. The Kier molecular flexibility index (Phi) is 5.27. The lowest BCUT2D eigenvalue weighted by Crippen LogP contribution is -2.54. The summed E-state index contributed by atoms with van der Waals surface area (Å²) < 4.78 is 5.42. The molecule has 1 atom stereocenters. The van der Waals surface area contributed by atoms with Crippen LogP contribution >= 0.6 is 0 Å². The quantitative estimate of drug-likeness (QED) is 0.813. The number of amides is 2. The van der Waals surface area contributed by atoms with E-state index in [2.05, 4.69) is 26.2 Å². The molecule has 0 radical (unpaired) electrons. The first-order valence-electron chi connectivity index (χ1n) is 11.4. The fourth-order valence-corrected chi connectivity index (χ4v) is 6.37. The molecular weight excluding hydrogens is 380 g/mol. The molecular formula is C23H32N4O3. The summed E-state index contributed by atoms with van der Waals surface area (Å²) in [6, 6.07) is 4.08. The lowest BCUT2D eigenvalue weighted by atomic mass is 9.60. The Bertz CT molecular complexity index is 787. The lowest BCUT2D eigenvalue weighted by Gasteiger charge is -2.47. The van der Waals surface area contributed by atoms with E-state index in [1.165, 1.54) is 5.56 Å². The number of carbonyl (C=O) groups is 2. The van der Waals surface area contributed by atoms with Crippen molar-refractivity contribution in [3.8, 4) is 0 Å². The van der Waals surface area contributed by atoms with Crippen molar-refractivity contribution in [3.63, 3.8) is 0 Å². The number of hydrogen-bond acceptors (Lipinski definition) is 5. The number of fused-ring (bicyclic) bond motifs is 1. The molecule has 4 aliphatic rings. The van der Waals surface area contributed by atoms with Gasteiger partial charge in [-0.1, -0.05) is 6.07 Å². The number of aromatic nitrogens is 1. The van der Waals surface area contributed by atoms with Crippen LogP contribution < -0.4 is 5.32 Å². The third-order valence-electron chi connectivity index (χ3n) is 8.04. The Labute approximate surface area is 178 Å². The third-order valence-corrected chi connectivity index (χ3v) is 8.04. The molecule has 1 unspecified atom stereocenters. The van der Waals surface area contributed by atoms with E-state index in [4.69, 9.17) is 4.74 Å². The molecule has 7 heteroatoms. The highest BCUT2D eigenvalue weighted by molar-refractivity contribution is 5.86. The van der Waals surface area contributed by atoms with E-state index in [1.54, 1.807) is 6.20 Å². The summed E-state index contributed by atoms with van der Waals surface area (Å²) in [5.41, 5.74) is 0.834. The molecule has 0 aromatic carbocycles. The monoisotopic (exact) mass is 412 g/mol. The summed E-state index contributed by atoms with van der Waals surface area (Å²) in [4.78, 5) is 34.9. The van der Waals surface area contributed by atoms with E-state index in [-0.39, 0.29) is 22.7 Å². The molecule has 2 spiro atoms. The molecule has 30 heavy (non-hydrogen) atoms. The largest absolute Gasteiger partial charge is 0.381 e. The van der Waals surface area contributed by atoms with Crippen LogP contribution in [0.3, 0.4) is 0 Å². The van der Waals surface area contributed by atoms with Crippen LogP contribution in [0.15, 0.2) is 24.5 Å².